The van der Waals surface area contributed by atoms with Crippen LogP contribution in [0.1, 0.15) is 67.4 Å². The lowest BCUT2D eigenvalue weighted by Crippen LogP contribution is -2.74. The Labute approximate surface area is 229 Å². The summed E-state index contributed by atoms with van der Waals surface area (Å²) in [7, 11) is -5.85. The Morgan fingerprint density at radius 3 is 2.08 bits per heavy atom. The zero-order valence-electron chi connectivity index (χ0n) is 24.0. The summed E-state index contributed by atoms with van der Waals surface area (Å²) in [6.45, 7) is 21.9. The molecule has 1 amide bonds. The minimum atomic E-state index is -2.97. The topological polar surface area (TPSA) is 81.0 Å². The first-order chi connectivity index (χ1) is 17.9. The lowest BCUT2D eigenvalue weighted by atomic mass is 9.68. The molecule has 1 spiro atoms. The van der Waals surface area contributed by atoms with Crippen molar-refractivity contribution in [1.82, 2.24) is 5.06 Å². The van der Waals surface area contributed by atoms with Crippen LogP contribution in [-0.2, 0) is 29.2 Å². The SMILES string of the molecule is C=C1C=C(C#N)[C@]2(CC(=O)N2OCc2ccccc2)[C@@H]2O[Si](C(C)C)(C(C)C)O[Si](C(C)C)(C(C)C)O[C@@H]12. The fourth-order valence-corrected chi connectivity index (χ4v) is 17.6. The molecule has 0 bridgehead atoms. The van der Waals surface area contributed by atoms with Gasteiger partial charge in [0.2, 0.25) is 5.91 Å². The molecule has 1 aliphatic carbocycles. The Morgan fingerprint density at radius 1 is 1.03 bits per heavy atom. The molecule has 0 N–H and O–H groups in total. The first kappa shape index (κ1) is 28.9. The van der Waals surface area contributed by atoms with E-state index in [0.717, 1.165) is 5.56 Å². The Morgan fingerprint density at radius 2 is 1.58 bits per heavy atom. The Balaban J connectivity index is 1.88. The van der Waals surface area contributed by atoms with Gasteiger partial charge in [-0.25, -0.2) is 5.06 Å². The summed E-state index contributed by atoms with van der Waals surface area (Å²) in [6, 6.07) is 12.1. The maximum Gasteiger partial charge on any atom is 0.335 e. The molecular weight excluding hydrogens is 513 g/mol. The van der Waals surface area contributed by atoms with Crippen LogP contribution in [0.2, 0.25) is 22.2 Å². The number of hydroxylamine groups is 2. The van der Waals surface area contributed by atoms with Gasteiger partial charge < -0.3 is 13.0 Å². The average Bonchev–Trinajstić information content (AvgIpc) is 3.04. The van der Waals surface area contributed by atoms with Crippen LogP contribution in [0.15, 0.2) is 54.1 Å². The Hall–Kier alpha value is -2.07. The van der Waals surface area contributed by atoms with E-state index in [0.29, 0.717) is 11.1 Å². The Kier molecular flexibility index (Phi) is 7.98. The van der Waals surface area contributed by atoms with E-state index in [4.69, 9.17) is 17.8 Å². The number of benzene rings is 1. The van der Waals surface area contributed by atoms with Gasteiger partial charge in [-0.15, -0.1) is 0 Å². The minimum absolute atomic E-state index is 0.109. The van der Waals surface area contributed by atoms with Crippen molar-refractivity contribution in [3.05, 3.63) is 59.7 Å². The van der Waals surface area contributed by atoms with Gasteiger partial charge in [-0.2, -0.15) is 5.26 Å². The van der Waals surface area contributed by atoms with Crippen LogP contribution in [0.4, 0.5) is 0 Å². The zero-order chi connectivity index (χ0) is 28.0. The van der Waals surface area contributed by atoms with Crippen LogP contribution in [0, 0.1) is 11.3 Å². The highest BCUT2D eigenvalue weighted by molar-refractivity contribution is 6.84. The quantitative estimate of drug-likeness (QED) is 0.285. The van der Waals surface area contributed by atoms with E-state index in [1.54, 1.807) is 6.08 Å². The fourth-order valence-electron chi connectivity index (χ4n) is 6.29. The van der Waals surface area contributed by atoms with Gasteiger partial charge in [-0.05, 0) is 39.4 Å². The molecule has 1 aromatic rings. The van der Waals surface area contributed by atoms with E-state index in [9.17, 15) is 10.1 Å². The molecule has 0 radical (unpaired) electrons. The van der Waals surface area contributed by atoms with Gasteiger partial charge in [0.15, 0.2) is 0 Å². The van der Waals surface area contributed by atoms with E-state index < -0.39 is 34.9 Å². The van der Waals surface area contributed by atoms with E-state index in [1.807, 2.05) is 30.3 Å². The van der Waals surface area contributed by atoms with Gasteiger partial charge in [0.05, 0.1) is 24.2 Å². The molecule has 2 heterocycles. The number of hydrogen-bond acceptors (Lipinski definition) is 6. The maximum atomic E-state index is 13.1. The highest BCUT2D eigenvalue weighted by Gasteiger charge is 2.70. The number of nitriles is 1. The molecule has 7 nitrogen and oxygen atoms in total. The minimum Gasteiger partial charge on any atom is -0.414 e. The van der Waals surface area contributed by atoms with Crippen molar-refractivity contribution in [2.75, 3.05) is 0 Å². The molecular formula is C29H42N2O5Si2. The molecule has 3 atom stereocenters. The highest BCUT2D eigenvalue weighted by atomic mass is 28.5. The van der Waals surface area contributed by atoms with Gasteiger partial charge >= 0.3 is 17.1 Å². The monoisotopic (exact) mass is 554 g/mol. The van der Waals surface area contributed by atoms with Crippen LogP contribution in [0.3, 0.4) is 0 Å². The first-order valence-corrected chi connectivity index (χ1v) is 17.7. The molecule has 2 fully saturated rings. The molecule has 4 rings (SSSR count). The first-order valence-electron chi connectivity index (χ1n) is 13.7. The van der Waals surface area contributed by atoms with Gasteiger partial charge in [0.1, 0.15) is 18.2 Å². The summed E-state index contributed by atoms with van der Waals surface area (Å²) in [5, 5.41) is 11.7. The van der Waals surface area contributed by atoms with Gasteiger partial charge in [-0.1, -0.05) is 92.3 Å². The van der Waals surface area contributed by atoms with E-state index in [1.165, 1.54) is 5.06 Å². The largest absolute Gasteiger partial charge is 0.414 e. The summed E-state index contributed by atoms with van der Waals surface area (Å²) < 4.78 is 21.8. The molecule has 3 aliphatic rings. The maximum absolute atomic E-state index is 13.1. The van der Waals surface area contributed by atoms with Crippen molar-refractivity contribution in [3.8, 4) is 6.07 Å². The molecule has 9 heteroatoms. The zero-order valence-corrected chi connectivity index (χ0v) is 26.0. The molecule has 0 saturated carbocycles. The van der Waals surface area contributed by atoms with Crippen molar-refractivity contribution in [3.63, 3.8) is 0 Å². The summed E-state index contributed by atoms with van der Waals surface area (Å²) in [4.78, 5) is 19.3. The van der Waals surface area contributed by atoms with E-state index in [2.05, 4.69) is 68.0 Å². The van der Waals surface area contributed by atoms with Crippen molar-refractivity contribution < 1.29 is 22.6 Å². The van der Waals surface area contributed by atoms with Gasteiger partial charge in [-0.3, -0.25) is 9.63 Å². The predicted octanol–water partition coefficient (Wildman–Crippen LogP) is 6.43. The van der Waals surface area contributed by atoms with Crippen LogP contribution in [0.5, 0.6) is 0 Å². The number of carbonyl (C=O) groups is 1. The summed E-state index contributed by atoms with van der Waals surface area (Å²) >= 11 is 0. The van der Waals surface area contributed by atoms with Gasteiger partial charge in [0.25, 0.3) is 0 Å². The van der Waals surface area contributed by atoms with E-state index >= 15 is 0 Å². The van der Waals surface area contributed by atoms with Crippen LogP contribution in [-0.4, -0.2) is 45.8 Å². The third-order valence-corrected chi connectivity index (χ3v) is 18.6. The smallest absolute Gasteiger partial charge is 0.335 e. The molecule has 2 aliphatic heterocycles. The average molecular weight is 555 g/mol. The van der Waals surface area contributed by atoms with Crippen molar-refractivity contribution in [2.24, 2.45) is 0 Å². The second-order valence-corrected chi connectivity index (χ2v) is 20.8. The standard InChI is InChI=1S/C29H42N2O5Si2/c1-19(2)37(20(3)4)34-27-23(9)15-25(17-30)29(28(27)35-38(36-37,21(5)6)22(7)8)16-26(32)31(29)33-18-24-13-11-10-12-14-24/h10-15,19-22,27-28H,9,16,18H2,1-8H3/t27-,28+,29+/m0/s1. The fraction of sp³-hybridized carbons (Fsp3) is 0.586. The van der Waals surface area contributed by atoms with Crippen molar-refractivity contribution in [2.45, 2.75) is 108 Å². The molecule has 38 heavy (non-hydrogen) atoms. The lowest BCUT2D eigenvalue weighted by Gasteiger charge is -2.57. The number of hydrogen-bond donors (Lipinski definition) is 0. The van der Waals surface area contributed by atoms with Crippen molar-refractivity contribution in [1.29, 1.82) is 5.26 Å². The lowest BCUT2D eigenvalue weighted by molar-refractivity contribution is -0.274. The molecule has 2 saturated heterocycles. The number of nitrogens with zero attached hydrogens (tertiary/aromatic N) is 2. The molecule has 0 aromatic heterocycles. The number of rotatable bonds is 7. The molecule has 206 valence electrons. The number of β-lactam (4-membered cyclic amide) rings is 1. The highest BCUT2D eigenvalue weighted by Crippen LogP contribution is 2.55. The van der Waals surface area contributed by atoms with Crippen LogP contribution >= 0.6 is 0 Å². The van der Waals surface area contributed by atoms with Crippen molar-refractivity contribution >= 4 is 23.0 Å². The second-order valence-electron chi connectivity index (χ2n) is 12.0. The predicted molar refractivity (Wildman–Crippen MR) is 151 cm³/mol. The van der Waals surface area contributed by atoms with Crippen LogP contribution in [0.25, 0.3) is 0 Å². The van der Waals surface area contributed by atoms with Gasteiger partial charge in [0, 0.05) is 0 Å². The number of carbonyl (C=O) groups excluding carboxylic acids is 1. The summed E-state index contributed by atoms with van der Waals surface area (Å²) in [5.41, 5.74) is 1.48. The Bertz CT molecular complexity index is 1130. The number of fused-ring (bicyclic) bond motifs is 2. The molecule has 0 unspecified atom stereocenters. The third-order valence-electron chi connectivity index (χ3n) is 8.40. The molecule has 1 aromatic carbocycles. The summed E-state index contributed by atoms with van der Waals surface area (Å²) in [6.07, 6.45) is 0.671. The normalized spacial score (nSPS) is 28.4. The summed E-state index contributed by atoms with van der Waals surface area (Å²) in [5.74, 6) is -0.181. The van der Waals surface area contributed by atoms with Crippen LogP contribution < -0.4 is 0 Å². The number of amides is 1. The third kappa shape index (κ3) is 4.35. The second kappa shape index (κ2) is 10.5. The van der Waals surface area contributed by atoms with E-state index in [-0.39, 0.29) is 41.1 Å².